The first-order chi connectivity index (χ1) is 7.66. The third kappa shape index (κ3) is 2.89. The quantitative estimate of drug-likeness (QED) is 0.861. The second kappa shape index (κ2) is 4.74. The number of para-hydroxylation sites is 1. The molecule has 1 fully saturated rings. The highest BCUT2D eigenvalue weighted by Gasteiger charge is 2.23. The zero-order valence-electron chi connectivity index (χ0n) is 8.78. The zero-order valence-corrected chi connectivity index (χ0v) is 9.54. The summed E-state index contributed by atoms with van der Waals surface area (Å²) < 4.78 is 5.60. The van der Waals surface area contributed by atoms with Crippen molar-refractivity contribution in [2.24, 2.45) is 5.92 Å². The van der Waals surface area contributed by atoms with Gasteiger partial charge in [-0.3, -0.25) is 4.79 Å². The molecule has 0 aromatic heterocycles. The van der Waals surface area contributed by atoms with Gasteiger partial charge in [0.15, 0.2) is 0 Å². The molecular weight excluding hydrogens is 228 g/mol. The summed E-state index contributed by atoms with van der Waals surface area (Å²) in [5, 5.41) is 9.26. The van der Waals surface area contributed by atoms with Gasteiger partial charge in [-0.15, -0.1) is 0 Å². The number of halogens is 1. The molecule has 3 nitrogen and oxygen atoms in total. The fourth-order valence-electron chi connectivity index (χ4n) is 1.50. The van der Waals surface area contributed by atoms with Crippen molar-refractivity contribution in [3.63, 3.8) is 0 Å². The molecule has 1 saturated carbocycles. The molecule has 0 heterocycles. The van der Waals surface area contributed by atoms with Crippen molar-refractivity contribution < 1.29 is 14.6 Å². The van der Waals surface area contributed by atoms with E-state index in [0.29, 0.717) is 28.9 Å². The Hall–Kier alpha value is -1.22. The minimum atomic E-state index is -0.876. The SMILES string of the molecule is O=C(O)Cc1cccc(Cl)c1OCC1CC1. The van der Waals surface area contributed by atoms with Crippen molar-refractivity contribution in [1.29, 1.82) is 0 Å². The van der Waals surface area contributed by atoms with Crippen LogP contribution in [0.1, 0.15) is 18.4 Å². The van der Waals surface area contributed by atoms with E-state index in [2.05, 4.69) is 0 Å². The maximum absolute atomic E-state index is 10.7. The Labute approximate surface area is 99.0 Å². The molecule has 0 amide bonds. The van der Waals surface area contributed by atoms with Crippen molar-refractivity contribution in [3.8, 4) is 5.75 Å². The van der Waals surface area contributed by atoms with E-state index in [1.807, 2.05) is 0 Å². The van der Waals surface area contributed by atoms with Crippen LogP contribution in [0.2, 0.25) is 5.02 Å². The number of carbonyl (C=O) groups is 1. The molecule has 1 aromatic rings. The second-order valence-electron chi connectivity index (χ2n) is 4.05. The molecule has 0 radical (unpaired) electrons. The van der Waals surface area contributed by atoms with Gasteiger partial charge in [0.2, 0.25) is 0 Å². The lowest BCUT2D eigenvalue weighted by Crippen LogP contribution is -2.06. The number of rotatable bonds is 5. The van der Waals surface area contributed by atoms with E-state index in [1.54, 1.807) is 18.2 Å². The topological polar surface area (TPSA) is 46.5 Å². The average Bonchev–Trinajstić information content (AvgIpc) is 2.99. The number of aliphatic carboxylic acids is 1. The van der Waals surface area contributed by atoms with Crippen LogP contribution in [0, 0.1) is 5.92 Å². The summed E-state index contributed by atoms with van der Waals surface area (Å²) >= 11 is 6.00. The largest absolute Gasteiger partial charge is 0.491 e. The van der Waals surface area contributed by atoms with Gasteiger partial charge in [0, 0.05) is 5.56 Å². The molecule has 0 atom stereocenters. The maximum atomic E-state index is 10.7. The maximum Gasteiger partial charge on any atom is 0.307 e. The summed E-state index contributed by atoms with van der Waals surface area (Å²) in [6.45, 7) is 0.635. The molecular formula is C12H13ClO3. The zero-order chi connectivity index (χ0) is 11.5. The molecule has 4 heteroatoms. The number of hydrogen-bond donors (Lipinski definition) is 1. The lowest BCUT2D eigenvalue weighted by molar-refractivity contribution is -0.136. The molecule has 1 aromatic carbocycles. The molecule has 0 saturated heterocycles. The van der Waals surface area contributed by atoms with Gasteiger partial charge in [0.25, 0.3) is 0 Å². The number of benzene rings is 1. The molecule has 86 valence electrons. The van der Waals surface area contributed by atoms with E-state index in [-0.39, 0.29) is 6.42 Å². The Morgan fingerprint density at radius 1 is 1.50 bits per heavy atom. The first kappa shape index (κ1) is 11.3. The Kier molecular flexibility index (Phi) is 3.34. The van der Waals surface area contributed by atoms with Gasteiger partial charge in [-0.25, -0.2) is 0 Å². The minimum absolute atomic E-state index is 0.0550. The van der Waals surface area contributed by atoms with Crippen molar-refractivity contribution >= 4 is 17.6 Å². The molecule has 2 rings (SSSR count). The average molecular weight is 241 g/mol. The van der Waals surface area contributed by atoms with Gasteiger partial charge in [-0.2, -0.15) is 0 Å². The Balaban J connectivity index is 2.13. The summed E-state index contributed by atoms with van der Waals surface area (Å²) in [5.74, 6) is 0.269. The third-order valence-corrected chi connectivity index (χ3v) is 2.85. The lowest BCUT2D eigenvalue weighted by atomic mass is 10.1. The lowest BCUT2D eigenvalue weighted by Gasteiger charge is -2.11. The van der Waals surface area contributed by atoms with Gasteiger partial charge in [-0.1, -0.05) is 23.7 Å². The van der Waals surface area contributed by atoms with Crippen LogP contribution in [0.25, 0.3) is 0 Å². The van der Waals surface area contributed by atoms with Gasteiger partial charge in [-0.05, 0) is 24.8 Å². The fraction of sp³-hybridized carbons (Fsp3) is 0.417. The number of carboxylic acid groups (broad SMARTS) is 1. The normalized spacial score (nSPS) is 14.8. The summed E-state index contributed by atoms with van der Waals surface area (Å²) in [6, 6.07) is 5.20. The number of hydrogen-bond acceptors (Lipinski definition) is 2. The minimum Gasteiger partial charge on any atom is -0.491 e. The molecule has 1 aliphatic carbocycles. The molecule has 16 heavy (non-hydrogen) atoms. The van der Waals surface area contributed by atoms with E-state index in [0.717, 1.165) is 0 Å². The molecule has 1 N–H and O–H groups in total. The molecule has 0 unspecified atom stereocenters. The summed E-state index contributed by atoms with van der Waals surface area (Å²) in [7, 11) is 0. The first-order valence-electron chi connectivity index (χ1n) is 5.29. The highest BCUT2D eigenvalue weighted by atomic mass is 35.5. The van der Waals surface area contributed by atoms with Crippen molar-refractivity contribution in [1.82, 2.24) is 0 Å². The Morgan fingerprint density at radius 2 is 2.25 bits per heavy atom. The van der Waals surface area contributed by atoms with Crippen LogP contribution in [-0.2, 0) is 11.2 Å². The molecule has 1 aliphatic rings. The molecule has 0 spiro atoms. The third-order valence-electron chi connectivity index (χ3n) is 2.55. The monoisotopic (exact) mass is 240 g/mol. The highest BCUT2D eigenvalue weighted by Crippen LogP contribution is 2.33. The van der Waals surface area contributed by atoms with Gasteiger partial charge in [0.1, 0.15) is 5.75 Å². The van der Waals surface area contributed by atoms with Gasteiger partial charge < -0.3 is 9.84 Å². The number of carboxylic acids is 1. The van der Waals surface area contributed by atoms with Crippen LogP contribution in [0.4, 0.5) is 0 Å². The van der Waals surface area contributed by atoms with E-state index >= 15 is 0 Å². The smallest absolute Gasteiger partial charge is 0.307 e. The second-order valence-corrected chi connectivity index (χ2v) is 4.46. The van der Waals surface area contributed by atoms with Crippen LogP contribution >= 0.6 is 11.6 Å². The van der Waals surface area contributed by atoms with Gasteiger partial charge >= 0.3 is 5.97 Å². The highest BCUT2D eigenvalue weighted by molar-refractivity contribution is 6.32. The molecule has 0 bridgehead atoms. The van der Waals surface area contributed by atoms with Crippen LogP contribution in [-0.4, -0.2) is 17.7 Å². The predicted molar refractivity (Wildman–Crippen MR) is 61.0 cm³/mol. The Bertz CT molecular complexity index is 399. The van der Waals surface area contributed by atoms with Crippen LogP contribution in [0.5, 0.6) is 5.75 Å². The number of ether oxygens (including phenoxy) is 1. The van der Waals surface area contributed by atoms with Crippen LogP contribution < -0.4 is 4.74 Å². The van der Waals surface area contributed by atoms with E-state index < -0.39 is 5.97 Å². The van der Waals surface area contributed by atoms with Crippen LogP contribution in [0.15, 0.2) is 18.2 Å². The van der Waals surface area contributed by atoms with Crippen molar-refractivity contribution in [2.45, 2.75) is 19.3 Å². The predicted octanol–water partition coefficient (Wildman–Crippen LogP) is 2.76. The van der Waals surface area contributed by atoms with Crippen molar-refractivity contribution in [2.75, 3.05) is 6.61 Å². The fourth-order valence-corrected chi connectivity index (χ4v) is 1.75. The Morgan fingerprint density at radius 3 is 2.88 bits per heavy atom. The van der Waals surface area contributed by atoms with Crippen molar-refractivity contribution in [3.05, 3.63) is 28.8 Å². The van der Waals surface area contributed by atoms with E-state index in [1.165, 1.54) is 12.8 Å². The van der Waals surface area contributed by atoms with Gasteiger partial charge in [0.05, 0.1) is 18.1 Å². The summed E-state index contributed by atoms with van der Waals surface area (Å²) in [6.07, 6.45) is 2.33. The van der Waals surface area contributed by atoms with E-state index in [9.17, 15) is 4.79 Å². The standard InChI is InChI=1S/C12H13ClO3/c13-10-3-1-2-9(6-11(14)15)12(10)16-7-8-4-5-8/h1-3,8H,4-7H2,(H,14,15). The summed E-state index contributed by atoms with van der Waals surface area (Å²) in [5.41, 5.74) is 0.639. The first-order valence-corrected chi connectivity index (χ1v) is 5.66. The van der Waals surface area contributed by atoms with E-state index in [4.69, 9.17) is 21.4 Å². The van der Waals surface area contributed by atoms with Crippen LogP contribution in [0.3, 0.4) is 0 Å². The molecule has 0 aliphatic heterocycles. The summed E-state index contributed by atoms with van der Waals surface area (Å²) in [4.78, 5) is 10.7.